The van der Waals surface area contributed by atoms with Crippen LogP contribution in [0, 0.1) is 0 Å². The second-order valence-electron chi connectivity index (χ2n) is 5.22. The minimum atomic E-state index is -0.353. The summed E-state index contributed by atoms with van der Waals surface area (Å²) in [5, 5.41) is 8.70. The van der Waals surface area contributed by atoms with Gasteiger partial charge >= 0.3 is 0 Å². The minimum Gasteiger partial charge on any atom is -0.496 e. The average molecular weight is 301 g/mol. The number of carbonyl (C=O) groups excluding carboxylic acids is 1. The van der Waals surface area contributed by atoms with E-state index in [0.29, 0.717) is 12.5 Å². The molecule has 1 amide bonds. The molecule has 0 saturated carbocycles. The number of aromatic amines is 1. The molecule has 1 aromatic carbocycles. The molecule has 0 radical (unpaired) electrons. The third kappa shape index (κ3) is 3.72. The van der Waals surface area contributed by atoms with Gasteiger partial charge in [0.05, 0.1) is 7.11 Å². The van der Waals surface area contributed by atoms with Crippen LogP contribution in [0.25, 0.3) is 0 Å². The lowest BCUT2D eigenvalue weighted by molar-refractivity contribution is 0.0944. The molecule has 6 heteroatoms. The van der Waals surface area contributed by atoms with Crippen LogP contribution in [0.1, 0.15) is 41.4 Å². The normalized spacial score (nSPS) is 10.5. The average Bonchev–Trinajstić information content (AvgIpc) is 2.52. The first-order valence-corrected chi connectivity index (χ1v) is 7.02. The summed E-state index contributed by atoms with van der Waals surface area (Å²) in [6, 6.07) is 8.58. The Labute approximate surface area is 128 Å². The molecule has 0 aliphatic rings. The Hall–Kier alpha value is -2.63. The van der Waals surface area contributed by atoms with Crippen molar-refractivity contribution in [1.29, 1.82) is 0 Å². The number of amides is 1. The Bertz CT molecular complexity index is 702. The lowest BCUT2D eigenvalue weighted by Gasteiger charge is -2.13. The number of rotatable bonds is 5. The monoisotopic (exact) mass is 301 g/mol. The first-order chi connectivity index (χ1) is 10.5. The molecular weight excluding hydrogens is 282 g/mol. The van der Waals surface area contributed by atoms with Gasteiger partial charge in [-0.25, -0.2) is 5.10 Å². The number of hydrogen-bond acceptors (Lipinski definition) is 4. The zero-order valence-corrected chi connectivity index (χ0v) is 12.8. The number of benzene rings is 1. The Morgan fingerprint density at radius 2 is 2.09 bits per heavy atom. The topological polar surface area (TPSA) is 84.1 Å². The highest BCUT2D eigenvalue weighted by atomic mass is 16.5. The highest BCUT2D eigenvalue weighted by Gasteiger charge is 2.11. The number of nitrogens with one attached hydrogen (secondary N) is 2. The third-order valence-electron chi connectivity index (χ3n) is 3.32. The third-order valence-corrected chi connectivity index (χ3v) is 3.32. The van der Waals surface area contributed by atoms with Gasteiger partial charge < -0.3 is 10.1 Å². The SMILES string of the molecule is COc1ccc(C(C)C)cc1CNC(=O)c1ccc(=O)[nH]n1. The second-order valence-corrected chi connectivity index (χ2v) is 5.22. The molecule has 2 N–H and O–H groups in total. The Morgan fingerprint density at radius 3 is 2.68 bits per heavy atom. The molecule has 2 rings (SSSR count). The van der Waals surface area contributed by atoms with Crippen molar-refractivity contribution in [3.05, 3.63) is 57.5 Å². The van der Waals surface area contributed by atoms with Crippen molar-refractivity contribution in [2.24, 2.45) is 0 Å². The molecule has 0 fully saturated rings. The van der Waals surface area contributed by atoms with Gasteiger partial charge in [-0.1, -0.05) is 26.0 Å². The van der Waals surface area contributed by atoms with Gasteiger partial charge in [-0.05, 0) is 23.6 Å². The van der Waals surface area contributed by atoms with Crippen LogP contribution in [-0.4, -0.2) is 23.2 Å². The molecule has 6 nitrogen and oxygen atoms in total. The van der Waals surface area contributed by atoms with Crippen molar-refractivity contribution in [3.63, 3.8) is 0 Å². The Kier molecular flexibility index (Phi) is 4.93. The summed E-state index contributed by atoms with van der Waals surface area (Å²) in [4.78, 5) is 23.0. The van der Waals surface area contributed by atoms with Crippen LogP contribution >= 0.6 is 0 Å². The van der Waals surface area contributed by atoms with Gasteiger partial charge in [-0.2, -0.15) is 5.10 Å². The van der Waals surface area contributed by atoms with Gasteiger partial charge in [0.25, 0.3) is 11.5 Å². The van der Waals surface area contributed by atoms with Crippen LogP contribution in [0.5, 0.6) is 5.75 Å². The van der Waals surface area contributed by atoms with E-state index < -0.39 is 0 Å². The maximum atomic E-state index is 12.0. The van der Waals surface area contributed by atoms with Crippen molar-refractivity contribution >= 4 is 5.91 Å². The molecule has 1 heterocycles. The fourth-order valence-electron chi connectivity index (χ4n) is 2.03. The van der Waals surface area contributed by atoms with Gasteiger partial charge in [0, 0.05) is 18.2 Å². The molecule has 0 unspecified atom stereocenters. The zero-order chi connectivity index (χ0) is 16.1. The number of carbonyl (C=O) groups is 1. The van der Waals surface area contributed by atoms with Crippen LogP contribution in [-0.2, 0) is 6.54 Å². The van der Waals surface area contributed by atoms with Crippen molar-refractivity contribution in [2.75, 3.05) is 7.11 Å². The molecule has 0 atom stereocenters. The summed E-state index contributed by atoms with van der Waals surface area (Å²) in [6.07, 6.45) is 0. The Morgan fingerprint density at radius 1 is 1.32 bits per heavy atom. The lowest BCUT2D eigenvalue weighted by Crippen LogP contribution is -2.25. The molecule has 116 valence electrons. The van der Waals surface area contributed by atoms with Crippen LogP contribution in [0.4, 0.5) is 0 Å². The van der Waals surface area contributed by atoms with Gasteiger partial charge in [0.2, 0.25) is 0 Å². The van der Waals surface area contributed by atoms with E-state index in [-0.39, 0.29) is 17.2 Å². The van der Waals surface area contributed by atoms with Crippen LogP contribution < -0.4 is 15.6 Å². The first kappa shape index (κ1) is 15.8. The predicted molar refractivity (Wildman–Crippen MR) is 83.1 cm³/mol. The van der Waals surface area contributed by atoms with E-state index in [1.54, 1.807) is 7.11 Å². The van der Waals surface area contributed by atoms with Gasteiger partial charge in [-0.3, -0.25) is 9.59 Å². The van der Waals surface area contributed by atoms with Gasteiger partial charge in [0.1, 0.15) is 11.4 Å². The van der Waals surface area contributed by atoms with Crippen molar-refractivity contribution in [1.82, 2.24) is 15.5 Å². The fourth-order valence-corrected chi connectivity index (χ4v) is 2.03. The molecular formula is C16H19N3O3. The van der Waals surface area contributed by atoms with E-state index in [1.807, 2.05) is 18.2 Å². The smallest absolute Gasteiger partial charge is 0.271 e. The summed E-state index contributed by atoms with van der Waals surface area (Å²) in [5.74, 6) is 0.758. The number of nitrogens with zero attached hydrogens (tertiary/aromatic N) is 1. The van der Waals surface area contributed by atoms with Crippen LogP contribution in [0.3, 0.4) is 0 Å². The van der Waals surface area contributed by atoms with Crippen molar-refractivity contribution in [2.45, 2.75) is 26.3 Å². The summed E-state index contributed by atoms with van der Waals surface area (Å²) < 4.78 is 5.32. The molecule has 0 aliphatic heterocycles. The van der Waals surface area contributed by atoms with E-state index in [1.165, 1.54) is 17.7 Å². The van der Waals surface area contributed by atoms with E-state index in [0.717, 1.165) is 11.3 Å². The number of H-pyrrole nitrogens is 1. The zero-order valence-electron chi connectivity index (χ0n) is 12.8. The summed E-state index contributed by atoms with van der Waals surface area (Å²) >= 11 is 0. The molecule has 0 saturated heterocycles. The molecule has 0 bridgehead atoms. The number of ether oxygens (including phenoxy) is 1. The highest BCUT2D eigenvalue weighted by Crippen LogP contribution is 2.24. The van der Waals surface area contributed by atoms with Crippen LogP contribution in [0.15, 0.2) is 35.1 Å². The molecule has 1 aromatic heterocycles. The van der Waals surface area contributed by atoms with E-state index in [2.05, 4.69) is 29.4 Å². The highest BCUT2D eigenvalue weighted by molar-refractivity contribution is 5.91. The summed E-state index contributed by atoms with van der Waals surface area (Å²) in [5.41, 5.74) is 1.89. The molecule has 22 heavy (non-hydrogen) atoms. The number of hydrogen-bond donors (Lipinski definition) is 2. The quantitative estimate of drug-likeness (QED) is 0.882. The van der Waals surface area contributed by atoms with Gasteiger partial charge in [0.15, 0.2) is 0 Å². The fraction of sp³-hybridized carbons (Fsp3) is 0.312. The van der Waals surface area contributed by atoms with E-state index in [4.69, 9.17) is 4.74 Å². The summed E-state index contributed by atoms with van der Waals surface area (Å²) in [6.45, 7) is 4.53. The number of aromatic nitrogens is 2. The van der Waals surface area contributed by atoms with E-state index >= 15 is 0 Å². The van der Waals surface area contributed by atoms with Gasteiger partial charge in [-0.15, -0.1) is 0 Å². The maximum absolute atomic E-state index is 12.0. The minimum absolute atomic E-state index is 0.165. The predicted octanol–water partition coefficient (Wildman–Crippen LogP) is 1.83. The first-order valence-electron chi connectivity index (χ1n) is 7.02. The van der Waals surface area contributed by atoms with Crippen molar-refractivity contribution in [3.8, 4) is 5.75 Å². The lowest BCUT2D eigenvalue weighted by atomic mass is 10.00. The number of methoxy groups -OCH3 is 1. The standard InChI is InChI=1S/C16H19N3O3/c1-10(2)11-4-6-14(22-3)12(8-11)9-17-16(21)13-5-7-15(20)19-18-13/h4-8,10H,9H2,1-3H3,(H,17,21)(H,19,20). The van der Waals surface area contributed by atoms with Crippen molar-refractivity contribution < 1.29 is 9.53 Å². The molecule has 0 aliphatic carbocycles. The maximum Gasteiger partial charge on any atom is 0.271 e. The van der Waals surface area contributed by atoms with Crippen LogP contribution in [0.2, 0.25) is 0 Å². The summed E-state index contributed by atoms with van der Waals surface area (Å²) in [7, 11) is 1.60. The molecule has 2 aromatic rings. The second kappa shape index (κ2) is 6.89. The Balaban J connectivity index is 2.13. The molecule has 0 spiro atoms. The van der Waals surface area contributed by atoms with E-state index in [9.17, 15) is 9.59 Å². The largest absolute Gasteiger partial charge is 0.496 e.